The Morgan fingerprint density at radius 2 is 1.83 bits per heavy atom. The number of rotatable bonds is 8. The minimum absolute atomic E-state index is 0.205. The molecule has 2 unspecified atom stereocenters. The van der Waals surface area contributed by atoms with Crippen molar-refractivity contribution in [1.82, 2.24) is 9.03 Å². The Hall–Kier alpha value is -0.200. The van der Waals surface area contributed by atoms with Gasteiger partial charge in [0.25, 0.3) is 10.2 Å². The first kappa shape index (κ1) is 17.8. The lowest BCUT2D eigenvalue weighted by Crippen LogP contribution is -2.44. The number of hydrogen-bond acceptors (Lipinski definition) is 2. The van der Waals surface area contributed by atoms with Crippen LogP contribution in [0.4, 0.5) is 4.39 Å². The van der Waals surface area contributed by atoms with Crippen LogP contribution in [0.1, 0.15) is 47.0 Å². The summed E-state index contributed by atoms with van der Waals surface area (Å²) in [5, 5.41) is 0. The Balaban J connectivity index is 4.50. The highest BCUT2D eigenvalue weighted by Gasteiger charge is 2.31. The van der Waals surface area contributed by atoms with E-state index in [0.717, 1.165) is 6.42 Å². The first-order valence-electron chi connectivity index (χ1n) is 6.37. The van der Waals surface area contributed by atoms with Gasteiger partial charge >= 0.3 is 0 Å². The SMILES string of the molecule is CNS(=O)(=O)N(C)C(C)CC(C)(F)CCC(C)C. The molecule has 0 heterocycles. The lowest BCUT2D eigenvalue weighted by molar-refractivity contribution is 0.123. The van der Waals surface area contributed by atoms with Gasteiger partial charge in [0.1, 0.15) is 5.67 Å². The standard InChI is InChI=1S/C12H27FN2O2S/c1-10(2)7-8-12(4,13)9-11(3)15(6)18(16,17)14-5/h10-11,14H,7-9H2,1-6H3. The molecule has 0 aromatic carbocycles. The molecular formula is C12H27FN2O2S. The third-order valence-electron chi connectivity index (χ3n) is 3.22. The fourth-order valence-electron chi connectivity index (χ4n) is 1.82. The monoisotopic (exact) mass is 282 g/mol. The Kier molecular flexibility index (Phi) is 6.74. The largest absolute Gasteiger partial charge is 0.279 e. The van der Waals surface area contributed by atoms with Gasteiger partial charge in [-0.2, -0.15) is 12.7 Å². The average molecular weight is 282 g/mol. The van der Waals surface area contributed by atoms with E-state index in [2.05, 4.69) is 18.6 Å². The molecule has 0 amide bonds. The lowest BCUT2D eigenvalue weighted by Gasteiger charge is -2.30. The first-order valence-corrected chi connectivity index (χ1v) is 7.81. The van der Waals surface area contributed by atoms with E-state index >= 15 is 0 Å². The van der Waals surface area contributed by atoms with E-state index in [1.54, 1.807) is 13.8 Å². The first-order chi connectivity index (χ1) is 8.02. The van der Waals surface area contributed by atoms with Crippen LogP contribution in [0.3, 0.4) is 0 Å². The fourth-order valence-corrected chi connectivity index (χ4v) is 2.65. The Labute approximate surface area is 111 Å². The number of halogens is 1. The summed E-state index contributed by atoms with van der Waals surface area (Å²) in [6.07, 6.45) is 1.47. The molecule has 0 saturated heterocycles. The predicted octanol–water partition coefficient (Wildman–Crippen LogP) is 2.33. The Bertz CT molecular complexity index is 342. The van der Waals surface area contributed by atoms with Gasteiger partial charge in [-0.1, -0.05) is 13.8 Å². The average Bonchev–Trinajstić information content (AvgIpc) is 2.24. The topological polar surface area (TPSA) is 49.4 Å². The second-order valence-electron chi connectivity index (χ2n) is 5.62. The third-order valence-corrected chi connectivity index (χ3v) is 4.86. The summed E-state index contributed by atoms with van der Waals surface area (Å²) < 4.78 is 40.9. The van der Waals surface area contributed by atoms with Gasteiger partial charge in [-0.25, -0.2) is 9.11 Å². The maximum Gasteiger partial charge on any atom is 0.279 e. The van der Waals surface area contributed by atoms with Gasteiger partial charge in [0.15, 0.2) is 0 Å². The third kappa shape index (κ3) is 6.11. The summed E-state index contributed by atoms with van der Waals surface area (Å²) in [4.78, 5) is 0. The zero-order valence-electron chi connectivity index (χ0n) is 12.3. The molecule has 0 aromatic heterocycles. The molecule has 0 aromatic rings. The Morgan fingerprint density at radius 3 is 2.22 bits per heavy atom. The smallest absolute Gasteiger partial charge is 0.244 e. The van der Waals surface area contributed by atoms with E-state index in [-0.39, 0.29) is 12.5 Å². The van der Waals surface area contributed by atoms with Crippen molar-refractivity contribution in [3.05, 3.63) is 0 Å². The van der Waals surface area contributed by atoms with Crippen molar-refractivity contribution in [1.29, 1.82) is 0 Å². The molecule has 0 fully saturated rings. The molecule has 2 atom stereocenters. The highest BCUT2D eigenvalue weighted by molar-refractivity contribution is 7.87. The van der Waals surface area contributed by atoms with Crippen LogP contribution in [0.2, 0.25) is 0 Å². The summed E-state index contributed by atoms with van der Waals surface area (Å²) >= 11 is 0. The van der Waals surface area contributed by atoms with Crippen molar-refractivity contribution in [2.75, 3.05) is 14.1 Å². The van der Waals surface area contributed by atoms with Crippen LogP contribution in [-0.2, 0) is 10.2 Å². The summed E-state index contributed by atoms with van der Waals surface area (Å²) in [5.74, 6) is 0.453. The number of hydrogen-bond donors (Lipinski definition) is 1. The molecule has 0 spiro atoms. The van der Waals surface area contributed by atoms with Crippen LogP contribution >= 0.6 is 0 Å². The molecule has 0 aliphatic heterocycles. The Morgan fingerprint density at radius 1 is 1.33 bits per heavy atom. The van der Waals surface area contributed by atoms with Crippen LogP contribution < -0.4 is 4.72 Å². The molecule has 0 rings (SSSR count). The van der Waals surface area contributed by atoms with Crippen molar-refractivity contribution in [2.45, 2.75) is 58.7 Å². The van der Waals surface area contributed by atoms with Gasteiger partial charge < -0.3 is 0 Å². The van der Waals surface area contributed by atoms with E-state index in [9.17, 15) is 12.8 Å². The van der Waals surface area contributed by atoms with E-state index < -0.39 is 15.9 Å². The van der Waals surface area contributed by atoms with Crippen molar-refractivity contribution < 1.29 is 12.8 Å². The summed E-state index contributed by atoms with van der Waals surface area (Å²) in [6.45, 7) is 7.38. The van der Waals surface area contributed by atoms with E-state index in [1.807, 2.05) is 0 Å². The molecule has 1 N–H and O–H groups in total. The molecule has 0 radical (unpaired) electrons. The normalized spacial score (nSPS) is 18.1. The zero-order chi connectivity index (χ0) is 14.6. The lowest BCUT2D eigenvalue weighted by atomic mass is 9.91. The summed E-state index contributed by atoms with van der Waals surface area (Å²) in [6, 6.07) is -0.371. The second kappa shape index (κ2) is 6.82. The second-order valence-corrected chi connectivity index (χ2v) is 7.56. The fraction of sp³-hybridized carbons (Fsp3) is 1.00. The maximum absolute atomic E-state index is 14.3. The summed E-state index contributed by atoms with van der Waals surface area (Å²) in [5.41, 5.74) is -1.33. The van der Waals surface area contributed by atoms with Crippen LogP contribution in [0.5, 0.6) is 0 Å². The molecule has 0 aliphatic carbocycles. The quantitative estimate of drug-likeness (QED) is 0.743. The zero-order valence-corrected chi connectivity index (χ0v) is 13.1. The molecule has 4 nitrogen and oxygen atoms in total. The highest BCUT2D eigenvalue weighted by atomic mass is 32.2. The van der Waals surface area contributed by atoms with Crippen LogP contribution in [0.25, 0.3) is 0 Å². The number of nitrogens with one attached hydrogen (secondary N) is 1. The van der Waals surface area contributed by atoms with Gasteiger partial charge in [-0.3, -0.25) is 0 Å². The highest BCUT2D eigenvalue weighted by Crippen LogP contribution is 2.27. The van der Waals surface area contributed by atoms with Gasteiger partial charge in [0.05, 0.1) is 0 Å². The predicted molar refractivity (Wildman–Crippen MR) is 73.4 cm³/mol. The van der Waals surface area contributed by atoms with Crippen LogP contribution in [-0.4, -0.2) is 38.5 Å². The van der Waals surface area contributed by atoms with E-state index in [4.69, 9.17) is 0 Å². The van der Waals surface area contributed by atoms with Gasteiger partial charge in [-0.05, 0) is 39.0 Å². The number of nitrogens with zero attached hydrogens (tertiary/aromatic N) is 1. The maximum atomic E-state index is 14.3. The summed E-state index contributed by atoms with van der Waals surface area (Å²) in [7, 11) is -0.664. The molecule has 6 heteroatoms. The van der Waals surface area contributed by atoms with E-state index in [0.29, 0.717) is 12.3 Å². The van der Waals surface area contributed by atoms with Crippen molar-refractivity contribution >= 4 is 10.2 Å². The molecule has 0 saturated carbocycles. The van der Waals surface area contributed by atoms with E-state index in [1.165, 1.54) is 18.4 Å². The van der Waals surface area contributed by atoms with Gasteiger partial charge in [0.2, 0.25) is 0 Å². The van der Waals surface area contributed by atoms with Crippen molar-refractivity contribution in [3.8, 4) is 0 Å². The van der Waals surface area contributed by atoms with Crippen LogP contribution in [0.15, 0.2) is 0 Å². The molecule has 0 aliphatic rings. The minimum Gasteiger partial charge on any atom is -0.244 e. The van der Waals surface area contributed by atoms with Crippen LogP contribution in [0, 0.1) is 5.92 Å². The molecule has 110 valence electrons. The van der Waals surface area contributed by atoms with Crippen molar-refractivity contribution in [3.63, 3.8) is 0 Å². The molecule has 0 bridgehead atoms. The van der Waals surface area contributed by atoms with Gasteiger partial charge in [-0.15, -0.1) is 0 Å². The van der Waals surface area contributed by atoms with Gasteiger partial charge in [0, 0.05) is 20.1 Å². The molecule has 18 heavy (non-hydrogen) atoms. The molecular weight excluding hydrogens is 255 g/mol. The van der Waals surface area contributed by atoms with Crippen molar-refractivity contribution in [2.24, 2.45) is 5.92 Å². The minimum atomic E-state index is -3.48. The number of alkyl halides is 1.